The van der Waals surface area contributed by atoms with Crippen LogP contribution in [0, 0.1) is 18.7 Å². The number of aryl methyl sites for hydroxylation is 1. The first-order valence-corrected chi connectivity index (χ1v) is 9.79. The molecule has 3 N–H and O–H groups in total. The number of hydrazine groups is 1. The molecule has 0 aromatic carbocycles. The van der Waals surface area contributed by atoms with Crippen LogP contribution in [-0.4, -0.2) is 65.4 Å². The number of ether oxygens (including phenoxy) is 1. The number of carbonyl (C=O) groups excluding carboxylic acids is 2. The van der Waals surface area contributed by atoms with Crippen molar-refractivity contribution in [1.29, 1.82) is 0 Å². The van der Waals surface area contributed by atoms with E-state index in [1.165, 1.54) is 6.92 Å². The number of anilines is 2. The summed E-state index contributed by atoms with van der Waals surface area (Å²) in [4.78, 5) is 33.2. The topological polar surface area (TPSA) is 120 Å². The van der Waals surface area contributed by atoms with Crippen molar-refractivity contribution in [3.05, 3.63) is 11.5 Å². The third-order valence-electron chi connectivity index (χ3n) is 4.66. The minimum atomic E-state index is -0.607. The van der Waals surface area contributed by atoms with Crippen LogP contribution in [-0.2, 0) is 14.3 Å². The van der Waals surface area contributed by atoms with Crippen LogP contribution in [0.4, 0.5) is 16.2 Å². The average molecular weight is 412 g/mol. The summed E-state index contributed by atoms with van der Waals surface area (Å²) in [7, 11) is 0. The summed E-state index contributed by atoms with van der Waals surface area (Å²) in [5, 5.41) is 9.90. The van der Waals surface area contributed by atoms with Gasteiger partial charge in [-0.05, 0) is 13.3 Å². The quantitative estimate of drug-likeness (QED) is 0.215. The van der Waals surface area contributed by atoms with Crippen molar-refractivity contribution < 1.29 is 23.9 Å². The predicted octanol–water partition coefficient (Wildman–Crippen LogP) is 1.25. The second kappa shape index (κ2) is 11.5. The van der Waals surface area contributed by atoms with Crippen molar-refractivity contribution in [1.82, 2.24) is 20.5 Å². The predicted molar refractivity (Wildman–Crippen MR) is 104 cm³/mol. The summed E-state index contributed by atoms with van der Waals surface area (Å²) in [6.45, 7) is 5.43. The number of nitrogens with one attached hydrogen (secondary N) is 2. The Balaban J connectivity index is 2.04. The highest BCUT2D eigenvalue weighted by Gasteiger charge is 2.23. The van der Waals surface area contributed by atoms with E-state index in [4.69, 9.17) is 4.74 Å². The lowest BCUT2D eigenvalue weighted by Gasteiger charge is -2.28. The first-order chi connectivity index (χ1) is 14.0. The number of halogens is 1. The SMILES string of the molecule is CCCCC[C@@H](CN(O)C=O)C(=O)NNc1nc(C)c(F)c(N2CCOCC2)n1. The number of rotatable bonds is 11. The molecular formula is C18H29FN6O4. The lowest BCUT2D eigenvalue weighted by Crippen LogP contribution is -2.41. The number of carbonyl (C=O) groups is 2. The van der Waals surface area contributed by atoms with Gasteiger partial charge in [0.2, 0.25) is 18.3 Å². The van der Waals surface area contributed by atoms with E-state index in [1.807, 2.05) is 6.92 Å². The summed E-state index contributed by atoms with van der Waals surface area (Å²) < 4.78 is 19.7. The number of nitrogens with zero attached hydrogens (tertiary/aromatic N) is 4. The molecule has 1 aliphatic heterocycles. The summed E-state index contributed by atoms with van der Waals surface area (Å²) in [5.41, 5.74) is 5.27. The molecule has 2 amide bonds. The van der Waals surface area contributed by atoms with Gasteiger partial charge in [0.15, 0.2) is 11.6 Å². The Morgan fingerprint density at radius 1 is 1.38 bits per heavy atom. The molecule has 10 nitrogen and oxygen atoms in total. The number of hydrogen-bond donors (Lipinski definition) is 3. The van der Waals surface area contributed by atoms with Gasteiger partial charge < -0.3 is 9.64 Å². The van der Waals surface area contributed by atoms with Gasteiger partial charge in [0.1, 0.15) is 0 Å². The van der Waals surface area contributed by atoms with Gasteiger partial charge in [-0.15, -0.1) is 0 Å². The minimum absolute atomic E-state index is 0.0577. The maximum Gasteiger partial charge on any atom is 0.244 e. The maximum absolute atomic E-state index is 14.5. The Morgan fingerprint density at radius 2 is 2.10 bits per heavy atom. The number of hydrogen-bond acceptors (Lipinski definition) is 8. The molecule has 2 rings (SSSR count). The molecule has 1 aliphatic rings. The molecule has 11 heteroatoms. The van der Waals surface area contributed by atoms with Gasteiger partial charge in [0, 0.05) is 13.1 Å². The van der Waals surface area contributed by atoms with Crippen LogP contribution in [0.25, 0.3) is 0 Å². The number of hydroxylamine groups is 2. The fourth-order valence-electron chi connectivity index (χ4n) is 3.02. The van der Waals surface area contributed by atoms with Crippen LogP contribution >= 0.6 is 0 Å². The van der Waals surface area contributed by atoms with Crippen molar-refractivity contribution in [2.75, 3.05) is 43.2 Å². The molecule has 1 aromatic heterocycles. The Bertz CT molecular complexity index is 687. The number of amides is 2. The van der Waals surface area contributed by atoms with Gasteiger partial charge in [-0.25, -0.2) is 14.4 Å². The van der Waals surface area contributed by atoms with Crippen molar-refractivity contribution in [3.8, 4) is 0 Å². The Labute approximate surface area is 169 Å². The minimum Gasteiger partial charge on any atom is -0.378 e. The normalized spacial score (nSPS) is 15.0. The molecular weight excluding hydrogens is 383 g/mol. The molecule has 1 aromatic rings. The maximum atomic E-state index is 14.5. The van der Waals surface area contributed by atoms with Gasteiger partial charge in [-0.3, -0.25) is 25.6 Å². The lowest BCUT2D eigenvalue weighted by molar-refractivity contribution is -0.154. The number of unbranched alkanes of at least 4 members (excludes halogenated alkanes) is 2. The summed E-state index contributed by atoms with van der Waals surface area (Å²) in [6, 6.07) is 0. The molecule has 162 valence electrons. The van der Waals surface area contributed by atoms with Crippen LogP contribution in [0.2, 0.25) is 0 Å². The Hall–Kier alpha value is -2.53. The first kappa shape index (κ1) is 22.8. The monoisotopic (exact) mass is 412 g/mol. The Kier molecular flexibility index (Phi) is 9.00. The molecule has 0 unspecified atom stereocenters. The summed E-state index contributed by atoms with van der Waals surface area (Å²) >= 11 is 0. The van der Waals surface area contributed by atoms with Gasteiger partial charge in [0.05, 0.1) is 31.4 Å². The van der Waals surface area contributed by atoms with E-state index >= 15 is 0 Å². The zero-order valence-corrected chi connectivity index (χ0v) is 16.9. The average Bonchev–Trinajstić information content (AvgIpc) is 2.74. The largest absolute Gasteiger partial charge is 0.378 e. The van der Waals surface area contributed by atoms with Crippen molar-refractivity contribution in [2.24, 2.45) is 5.92 Å². The van der Waals surface area contributed by atoms with Gasteiger partial charge in [-0.2, -0.15) is 4.98 Å². The Morgan fingerprint density at radius 3 is 2.76 bits per heavy atom. The number of morpholine rings is 1. The second-order valence-corrected chi connectivity index (χ2v) is 6.90. The zero-order chi connectivity index (χ0) is 21.2. The third-order valence-corrected chi connectivity index (χ3v) is 4.66. The van der Waals surface area contributed by atoms with E-state index in [1.54, 1.807) is 4.90 Å². The third kappa shape index (κ3) is 6.79. The highest BCUT2D eigenvalue weighted by Crippen LogP contribution is 2.21. The molecule has 0 spiro atoms. The highest BCUT2D eigenvalue weighted by molar-refractivity contribution is 5.80. The molecule has 0 bridgehead atoms. The molecule has 1 fully saturated rings. The van der Waals surface area contributed by atoms with Crippen molar-refractivity contribution in [3.63, 3.8) is 0 Å². The number of aromatic nitrogens is 2. The summed E-state index contributed by atoms with van der Waals surface area (Å²) in [6.07, 6.45) is 3.47. The van der Waals surface area contributed by atoms with E-state index < -0.39 is 17.6 Å². The molecule has 0 aliphatic carbocycles. The fraction of sp³-hybridized carbons (Fsp3) is 0.667. The second-order valence-electron chi connectivity index (χ2n) is 6.90. The van der Waals surface area contributed by atoms with Crippen LogP contribution in [0.15, 0.2) is 0 Å². The fourth-order valence-corrected chi connectivity index (χ4v) is 3.02. The van der Waals surface area contributed by atoms with Crippen LogP contribution in [0.3, 0.4) is 0 Å². The molecule has 0 saturated carbocycles. The molecule has 2 heterocycles. The molecule has 1 saturated heterocycles. The van der Waals surface area contributed by atoms with E-state index in [9.17, 15) is 19.2 Å². The van der Waals surface area contributed by atoms with Gasteiger partial charge >= 0.3 is 0 Å². The van der Waals surface area contributed by atoms with E-state index in [-0.39, 0.29) is 30.4 Å². The smallest absolute Gasteiger partial charge is 0.244 e. The lowest BCUT2D eigenvalue weighted by atomic mass is 10.0. The van der Waals surface area contributed by atoms with Crippen molar-refractivity contribution >= 4 is 24.1 Å². The van der Waals surface area contributed by atoms with Gasteiger partial charge in [-0.1, -0.05) is 26.2 Å². The van der Waals surface area contributed by atoms with Gasteiger partial charge in [0.25, 0.3) is 0 Å². The standard InChI is InChI=1S/C18H29FN6O4/c1-3-4-5-6-14(11-25(28)12-26)17(27)22-23-18-20-13(2)15(19)16(21-18)24-7-9-29-10-8-24/h12,14,28H,3-11H2,1-2H3,(H,22,27)(H,20,21,23)/t14-/m0/s1. The van der Waals surface area contributed by atoms with Crippen LogP contribution < -0.4 is 15.8 Å². The molecule has 1 atom stereocenters. The van der Waals surface area contributed by atoms with Crippen LogP contribution in [0.5, 0.6) is 0 Å². The molecule has 29 heavy (non-hydrogen) atoms. The van der Waals surface area contributed by atoms with E-state index in [2.05, 4.69) is 20.8 Å². The summed E-state index contributed by atoms with van der Waals surface area (Å²) in [5.74, 6) is -1.32. The van der Waals surface area contributed by atoms with E-state index in [0.717, 1.165) is 19.3 Å². The highest BCUT2D eigenvalue weighted by atomic mass is 19.1. The first-order valence-electron chi connectivity index (χ1n) is 9.79. The van der Waals surface area contributed by atoms with Crippen molar-refractivity contribution in [2.45, 2.75) is 39.5 Å². The zero-order valence-electron chi connectivity index (χ0n) is 16.9. The van der Waals surface area contributed by atoms with Crippen LogP contribution in [0.1, 0.15) is 38.3 Å². The molecule has 0 radical (unpaired) electrons. The van der Waals surface area contributed by atoms with E-state index in [0.29, 0.717) is 37.8 Å².